The highest BCUT2D eigenvalue weighted by molar-refractivity contribution is 5.67. The number of carbonyl (C=O) groups is 1. The summed E-state index contributed by atoms with van der Waals surface area (Å²) in [6, 6.07) is 0.641. The Labute approximate surface area is 143 Å². The van der Waals surface area contributed by atoms with Gasteiger partial charge in [-0.2, -0.15) is 0 Å². The van der Waals surface area contributed by atoms with Gasteiger partial charge in [0.1, 0.15) is 5.60 Å². The van der Waals surface area contributed by atoms with Crippen LogP contribution in [0.5, 0.6) is 0 Å². The van der Waals surface area contributed by atoms with Crippen molar-refractivity contribution < 1.29 is 9.53 Å². The molecule has 0 aromatic rings. The molecule has 23 heavy (non-hydrogen) atoms. The van der Waals surface area contributed by atoms with Gasteiger partial charge in [0.15, 0.2) is 0 Å². The van der Waals surface area contributed by atoms with Crippen LogP contribution in [-0.2, 0) is 4.74 Å². The highest BCUT2D eigenvalue weighted by atomic mass is 16.6. The average Bonchev–Trinajstić information content (AvgIpc) is 2.61. The summed E-state index contributed by atoms with van der Waals surface area (Å²) < 4.78 is 5.32. The summed E-state index contributed by atoms with van der Waals surface area (Å²) in [6.07, 6.45) is 6.29. The van der Waals surface area contributed by atoms with Gasteiger partial charge in [-0.3, -0.25) is 0 Å². The number of carbonyl (C=O) groups excluding carboxylic acids is 1. The van der Waals surface area contributed by atoms with Gasteiger partial charge in [-0.15, -0.1) is 0 Å². The van der Waals surface area contributed by atoms with Gasteiger partial charge >= 0.3 is 6.09 Å². The molecule has 0 aromatic heterocycles. The van der Waals surface area contributed by atoms with Crippen molar-refractivity contribution in [3.8, 4) is 0 Å². The van der Waals surface area contributed by atoms with Gasteiger partial charge in [-0.05, 0) is 57.8 Å². The van der Waals surface area contributed by atoms with E-state index >= 15 is 0 Å². The lowest BCUT2D eigenvalue weighted by Crippen LogP contribution is -2.41. The minimum atomic E-state index is -0.438. The number of nitrogens with one attached hydrogen (secondary N) is 2. The zero-order valence-electron chi connectivity index (χ0n) is 16.1. The summed E-state index contributed by atoms with van der Waals surface area (Å²) in [7, 11) is 0. The first-order chi connectivity index (χ1) is 10.7. The Morgan fingerprint density at radius 1 is 1.13 bits per heavy atom. The summed E-state index contributed by atoms with van der Waals surface area (Å²) >= 11 is 0. The maximum Gasteiger partial charge on any atom is 0.407 e. The Morgan fingerprint density at radius 3 is 2.43 bits per heavy atom. The summed E-state index contributed by atoms with van der Waals surface area (Å²) in [5.74, 6) is 1.84. The second-order valence-electron chi connectivity index (χ2n) is 8.61. The molecule has 1 fully saturated rings. The van der Waals surface area contributed by atoms with Crippen LogP contribution >= 0.6 is 0 Å². The molecule has 0 bridgehead atoms. The quantitative estimate of drug-likeness (QED) is 0.714. The van der Waals surface area contributed by atoms with Crippen molar-refractivity contribution in [2.45, 2.75) is 85.3 Å². The van der Waals surface area contributed by atoms with Gasteiger partial charge < -0.3 is 15.4 Å². The first-order valence-corrected chi connectivity index (χ1v) is 9.37. The molecule has 0 heterocycles. The van der Waals surface area contributed by atoms with Crippen molar-refractivity contribution in [1.29, 1.82) is 0 Å². The highest BCUT2D eigenvalue weighted by Crippen LogP contribution is 2.23. The fraction of sp³-hybridized carbons (Fsp3) is 0.947. The summed E-state index contributed by atoms with van der Waals surface area (Å²) in [5.41, 5.74) is -0.438. The smallest absolute Gasteiger partial charge is 0.407 e. The molecule has 1 saturated carbocycles. The first-order valence-electron chi connectivity index (χ1n) is 9.37. The normalized spacial score (nSPS) is 24.1. The molecule has 4 heteroatoms. The molecule has 3 unspecified atom stereocenters. The van der Waals surface area contributed by atoms with E-state index in [1.54, 1.807) is 0 Å². The Bertz CT molecular complexity index is 350. The lowest BCUT2D eigenvalue weighted by Gasteiger charge is -2.26. The van der Waals surface area contributed by atoms with E-state index in [9.17, 15) is 4.79 Å². The van der Waals surface area contributed by atoms with Crippen LogP contribution in [0.25, 0.3) is 0 Å². The molecular formula is C19H38N2O2. The van der Waals surface area contributed by atoms with Crippen LogP contribution in [0.3, 0.4) is 0 Å². The van der Waals surface area contributed by atoms with Crippen LogP contribution in [0.2, 0.25) is 0 Å². The van der Waals surface area contributed by atoms with Crippen molar-refractivity contribution in [2.75, 3.05) is 13.1 Å². The second-order valence-corrected chi connectivity index (χ2v) is 8.61. The van der Waals surface area contributed by atoms with Gasteiger partial charge in [0, 0.05) is 19.1 Å². The zero-order valence-corrected chi connectivity index (χ0v) is 16.1. The number of ether oxygens (including phenoxy) is 1. The van der Waals surface area contributed by atoms with Crippen LogP contribution in [0.1, 0.15) is 73.6 Å². The molecule has 4 nitrogen and oxygen atoms in total. The van der Waals surface area contributed by atoms with Crippen LogP contribution in [-0.4, -0.2) is 30.8 Å². The molecule has 1 amide bonds. The van der Waals surface area contributed by atoms with Gasteiger partial charge in [0.25, 0.3) is 0 Å². The molecule has 0 spiro atoms. The van der Waals surface area contributed by atoms with E-state index in [2.05, 4.69) is 31.4 Å². The van der Waals surface area contributed by atoms with Crippen LogP contribution in [0, 0.1) is 17.8 Å². The van der Waals surface area contributed by atoms with Crippen molar-refractivity contribution in [1.82, 2.24) is 10.6 Å². The number of hydrogen-bond donors (Lipinski definition) is 2. The van der Waals surface area contributed by atoms with Gasteiger partial charge in [-0.25, -0.2) is 4.79 Å². The van der Waals surface area contributed by atoms with E-state index in [4.69, 9.17) is 4.74 Å². The fourth-order valence-electron chi connectivity index (χ4n) is 3.08. The minimum Gasteiger partial charge on any atom is -0.444 e. The number of alkyl carbamates (subject to hydrolysis) is 1. The van der Waals surface area contributed by atoms with E-state index in [1.165, 1.54) is 32.1 Å². The third kappa shape index (κ3) is 9.19. The second kappa shape index (κ2) is 9.51. The van der Waals surface area contributed by atoms with Crippen LogP contribution in [0.15, 0.2) is 0 Å². The summed E-state index contributed by atoms with van der Waals surface area (Å²) in [6.45, 7) is 14.1. The molecule has 2 N–H and O–H groups in total. The molecule has 1 aliphatic rings. The zero-order chi connectivity index (χ0) is 17.5. The van der Waals surface area contributed by atoms with E-state index < -0.39 is 5.60 Å². The predicted octanol–water partition coefficient (Wildman–Crippen LogP) is 4.34. The van der Waals surface area contributed by atoms with Crippen LogP contribution in [0.4, 0.5) is 4.79 Å². The Kier molecular flexibility index (Phi) is 8.38. The van der Waals surface area contributed by atoms with Gasteiger partial charge in [-0.1, -0.05) is 33.6 Å². The lowest BCUT2D eigenvalue weighted by molar-refractivity contribution is 0.0514. The molecule has 0 aliphatic heterocycles. The first kappa shape index (κ1) is 20.3. The van der Waals surface area contributed by atoms with Gasteiger partial charge in [0.05, 0.1) is 0 Å². The number of rotatable bonds is 6. The summed E-state index contributed by atoms with van der Waals surface area (Å²) in [4.78, 5) is 11.8. The van der Waals surface area contributed by atoms with E-state index in [0.29, 0.717) is 24.4 Å². The topological polar surface area (TPSA) is 50.4 Å². The fourth-order valence-corrected chi connectivity index (χ4v) is 3.08. The molecule has 136 valence electrons. The molecule has 1 rings (SSSR count). The monoisotopic (exact) mass is 326 g/mol. The molecular weight excluding hydrogens is 288 g/mol. The largest absolute Gasteiger partial charge is 0.444 e. The van der Waals surface area contributed by atoms with E-state index in [-0.39, 0.29) is 6.09 Å². The SMILES string of the molecule is CC1CCCC(NCC(CNC(=O)OC(C)(C)C)C(C)C)CC1. The third-order valence-corrected chi connectivity index (χ3v) is 4.78. The summed E-state index contributed by atoms with van der Waals surface area (Å²) in [5, 5.41) is 6.67. The number of amides is 1. The predicted molar refractivity (Wildman–Crippen MR) is 96.6 cm³/mol. The van der Waals surface area contributed by atoms with Gasteiger partial charge in [0.2, 0.25) is 0 Å². The van der Waals surface area contributed by atoms with Crippen LogP contribution < -0.4 is 10.6 Å². The molecule has 0 radical (unpaired) electrons. The lowest BCUT2D eigenvalue weighted by atomic mass is 9.95. The standard InChI is InChI=1S/C19H38N2O2/c1-14(2)16(13-21-18(22)23-19(4,5)6)12-20-17-9-7-8-15(3)10-11-17/h14-17,20H,7-13H2,1-6H3,(H,21,22). The Balaban J connectivity index is 2.35. The van der Waals surface area contributed by atoms with Crippen molar-refractivity contribution in [3.05, 3.63) is 0 Å². The Morgan fingerprint density at radius 2 is 1.83 bits per heavy atom. The van der Waals surface area contributed by atoms with Crippen molar-refractivity contribution in [3.63, 3.8) is 0 Å². The molecule has 0 aromatic carbocycles. The minimum absolute atomic E-state index is 0.313. The average molecular weight is 327 g/mol. The third-order valence-electron chi connectivity index (χ3n) is 4.78. The molecule has 1 aliphatic carbocycles. The molecule has 0 saturated heterocycles. The van der Waals surface area contributed by atoms with Crippen molar-refractivity contribution >= 4 is 6.09 Å². The Hall–Kier alpha value is -0.770. The number of hydrogen-bond acceptors (Lipinski definition) is 3. The maximum absolute atomic E-state index is 11.8. The highest BCUT2D eigenvalue weighted by Gasteiger charge is 2.21. The molecule has 3 atom stereocenters. The van der Waals surface area contributed by atoms with Crippen molar-refractivity contribution in [2.24, 2.45) is 17.8 Å². The van der Waals surface area contributed by atoms with E-state index in [0.717, 1.165) is 12.5 Å². The van der Waals surface area contributed by atoms with E-state index in [1.807, 2.05) is 20.8 Å². The maximum atomic E-state index is 11.8.